The Morgan fingerprint density at radius 1 is 1.19 bits per heavy atom. The highest BCUT2D eigenvalue weighted by atomic mass is 35.5. The predicted molar refractivity (Wildman–Crippen MR) is 101 cm³/mol. The average Bonchev–Trinajstić information content (AvgIpc) is 2.61. The lowest BCUT2D eigenvalue weighted by atomic mass is 10.2. The summed E-state index contributed by atoms with van der Waals surface area (Å²) in [5, 5.41) is 11.4. The number of esters is 1. The first-order valence-electron chi connectivity index (χ1n) is 7.37. The molecule has 2 aromatic carbocycles. The first-order chi connectivity index (χ1) is 12.6. The molecule has 0 aliphatic heterocycles. The van der Waals surface area contributed by atoms with E-state index >= 15 is 0 Å². The first-order valence-corrected chi connectivity index (χ1v) is 9.57. The Morgan fingerprint density at radius 2 is 1.85 bits per heavy atom. The molecule has 8 nitrogen and oxygen atoms in total. The molecule has 0 bridgehead atoms. The molecular weight excluding hydrogens is 419 g/mol. The van der Waals surface area contributed by atoms with Crippen molar-refractivity contribution in [3.63, 3.8) is 0 Å². The van der Waals surface area contributed by atoms with Crippen LogP contribution in [0.5, 0.6) is 0 Å². The number of nitro groups is 1. The van der Waals surface area contributed by atoms with Crippen LogP contribution < -0.4 is 4.31 Å². The van der Waals surface area contributed by atoms with Gasteiger partial charge < -0.3 is 4.74 Å². The summed E-state index contributed by atoms with van der Waals surface area (Å²) in [6.45, 7) is 0.832. The topological polar surface area (TPSA) is 107 Å². The summed E-state index contributed by atoms with van der Waals surface area (Å²) in [7, 11) is -3.23. The van der Waals surface area contributed by atoms with Gasteiger partial charge in [0.1, 0.15) is 6.54 Å². The number of rotatable bonds is 6. The minimum absolute atomic E-state index is 0.0537. The third-order valence-corrected chi connectivity index (χ3v) is 6.17. The number of hydrogen-bond acceptors (Lipinski definition) is 6. The Morgan fingerprint density at radius 3 is 2.41 bits per heavy atom. The van der Waals surface area contributed by atoms with Crippen LogP contribution in [0, 0.1) is 17.0 Å². The molecule has 2 rings (SSSR count). The highest BCUT2D eigenvalue weighted by molar-refractivity contribution is 7.92. The highest BCUT2D eigenvalue weighted by Crippen LogP contribution is 2.32. The molecule has 0 radical (unpaired) electrons. The second kappa shape index (κ2) is 8.12. The van der Waals surface area contributed by atoms with Gasteiger partial charge in [-0.05, 0) is 31.2 Å². The van der Waals surface area contributed by atoms with Gasteiger partial charge in [-0.3, -0.25) is 19.2 Å². The van der Waals surface area contributed by atoms with Crippen molar-refractivity contribution in [2.24, 2.45) is 0 Å². The Bertz CT molecular complexity index is 1010. The molecule has 0 N–H and O–H groups in total. The molecule has 0 heterocycles. The summed E-state index contributed by atoms with van der Waals surface area (Å²) in [6.07, 6.45) is 0. The maximum Gasteiger partial charge on any atom is 0.326 e. The lowest BCUT2D eigenvalue weighted by Crippen LogP contribution is -2.36. The molecule has 0 saturated carbocycles. The van der Waals surface area contributed by atoms with Gasteiger partial charge in [0.2, 0.25) is 0 Å². The predicted octanol–water partition coefficient (Wildman–Crippen LogP) is 3.58. The fraction of sp³-hybridized carbons (Fsp3) is 0.188. The van der Waals surface area contributed by atoms with Gasteiger partial charge in [0.15, 0.2) is 0 Å². The van der Waals surface area contributed by atoms with Crippen molar-refractivity contribution in [2.75, 3.05) is 18.0 Å². The van der Waals surface area contributed by atoms with Crippen LogP contribution in [-0.4, -0.2) is 33.0 Å². The second-order valence-electron chi connectivity index (χ2n) is 5.39. The molecule has 0 fully saturated rings. The summed E-state index contributed by atoms with van der Waals surface area (Å²) in [6, 6.07) is 7.48. The van der Waals surface area contributed by atoms with E-state index in [1.165, 1.54) is 37.3 Å². The van der Waals surface area contributed by atoms with E-state index in [0.29, 0.717) is 5.56 Å². The number of aryl methyl sites for hydroxylation is 1. The van der Waals surface area contributed by atoms with Crippen LogP contribution in [0.4, 0.5) is 11.4 Å². The van der Waals surface area contributed by atoms with Gasteiger partial charge in [-0.15, -0.1) is 0 Å². The molecule has 0 amide bonds. The zero-order valence-electron chi connectivity index (χ0n) is 14.2. The lowest BCUT2D eigenvalue weighted by Gasteiger charge is -2.23. The average molecular weight is 433 g/mol. The summed E-state index contributed by atoms with van der Waals surface area (Å²) in [5.41, 5.74) is -0.00531. The SMILES string of the molecule is COC(=O)CN(c1ccc(Cl)c(Cl)c1)S(=O)(=O)c1ccc(C)c([N+](=O)[O-])c1. The molecule has 144 valence electrons. The number of methoxy groups -OCH3 is 1. The maximum absolute atomic E-state index is 13.1. The third kappa shape index (κ3) is 4.49. The summed E-state index contributed by atoms with van der Waals surface area (Å²) < 4.78 is 31.5. The van der Waals surface area contributed by atoms with Crippen LogP contribution in [0.15, 0.2) is 41.3 Å². The molecule has 0 atom stereocenters. The summed E-state index contributed by atoms with van der Waals surface area (Å²) in [5.74, 6) is -0.828. The Kier molecular flexibility index (Phi) is 6.30. The van der Waals surface area contributed by atoms with Gasteiger partial charge in [0.05, 0.1) is 32.7 Å². The van der Waals surface area contributed by atoms with Crippen molar-refractivity contribution in [1.29, 1.82) is 0 Å². The standard InChI is InChI=1S/C16H14Cl2N2O6S/c1-10-3-5-12(8-15(10)20(22)23)27(24,25)19(9-16(21)26-2)11-4-6-13(17)14(18)7-11/h3-8H,9H2,1-2H3. The van der Waals surface area contributed by atoms with Crippen molar-refractivity contribution in [2.45, 2.75) is 11.8 Å². The van der Waals surface area contributed by atoms with Gasteiger partial charge in [-0.25, -0.2) is 8.42 Å². The monoisotopic (exact) mass is 432 g/mol. The highest BCUT2D eigenvalue weighted by Gasteiger charge is 2.29. The molecular formula is C16H14Cl2N2O6S. The molecule has 0 spiro atoms. The number of benzene rings is 2. The van der Waals surface area contributed by atoms with Crippen LogP contribution in [-0.2, 0) is 19.6 Å². The van der Waals surface area contributed by atoms with Crippen molar-refractivity contribution in [3.05, 3.63) is 62.1 Å². The number of carbonyl (C=O) groups excluding carboxylic acids is 1. The molecule has 0 aromatic heterocycles. The molecule has 27 heavy (non-hydrogen) atoms. The number of halogens is 2. The van der Waals surface area contributed by atoms with Crippen LogP contribution in [0.25, 0.3) is 0 Å². The second-order valence-corrected chi connectivity index (χ2v) is 8.07. The molecule has 0 aliphatic carbocycles. The van der Waals surface area contributed by atoms with Crippen molar-refractivity contribution >= 4 is 50.6 Å². The number of hydrogen-bond donors (Lipinski definition) is 0. The van der Waals surface area contributed by atoms with E-state index in [0.717, 1.165) is 17.5 Å². The largest absolute Gasteiger partial charge is 0.468 e. The molecule has 11 heteroatoms. The number of nitrogens with zero attached hydrogens (tertiary/aromatic N) is 2. The van der Waals surface area contributed by atoms with Crippen molar-refractivity contribution < 1.29 is 22.9 Å². The van der Waals surface area contributed by atoms with Crippen molar-refractivity contribution in [1.82, 2.24) is 0 Å². The van der Waals surface area contributed by atoms with Crippen LogP contribution in [0.2, 0.25) is 10.0 Å². The van der Waals surface area contributed by atoms with Gasteiger partial charge in [0, 0.05) is 11.6 Å². The quantitative estimate of drug-likeness (QED) is 0.392. The van der Waals surface area contributed by atoms with Crippen LogP contribution >= 0.6 is 23.2 Å². The normalized spacial score (nSPS) is 11.1. The van der Waals surface area contributed by atoms with E-state index in [1.54, 1.807) is 0 Å². The fourth-order valence-corrected chi connectivity index (χ4v) is 3.92. The van der Waals surface area contributed by atoms with Crippen LogP contribution in [0.3, 0.4) is 0 Å². The maximum atomic E-state index is 13.1. The Balaban J connectivity index is 2.63. The Labute approximate surface area is 165 Å². The van der Waals surface area contributed by atoms with E-state index in [4.69, 9.17) is 23.2 Å². The number of ether oxygens (including phenoxy) is 1. The fourth-order valence-electron chi connectivity index (χ4n) is 2.21. The van der Waals surface area contributed by atoms with E-state index < -0.39 is 27.5 Å². The van der Waals surface area contributed by atoms with Gasteiger partial charge in [-0.2, -0.15) is 0 Å². The minimum Gasteiger partial charge on any atom is -0.468 e. The zero-order valence-corrected chi connectivity index (χ0v) is 16.5. The Hall–Kier alpha value is -2.36. The third-order valence-electron chi connectivity index (χ3n) is 3.66. The molecule has 2 aromatic rings. The number of sulfonamides is 1. The molecule has 0 aliphatic rings. The summed E-state index contributed by atoms with van der Waals surface area (Å²) in [4.78, 5) is 21.9. The number of carbonyl (C=O) groups is 1. The van der Waals surface area contributed by atoms with Gasteiger partial charge in [0.25, 0.3) is 15.7 Å². The van der Waals surface area contributed by atoms with E-state index in [-0.39, 0.29) is 26.3 Å². The number of nitro benzene ring substituents is 1. The van der Waals surface area contributed by atoms with E-state index in [1.807, 2.05) is 0 Å². The zero-order chi connectivity index (χ0) is 20.4. The molecule has 0 unspecified atom stereocenters. The number of anilines is 1. The lowest BCUT2D eigenvalue weighted by molar-refractivity contribution is -0.385. The van der Waals surface area contributed by atoms with Gasteiger partial charge in [-0.1, -0.05) is 29.3 Å². The van der Waals surface area contributed by atoms with Crippen LogP contribution in [0.1, 0.15) is 5.56 Å². The van der Waals surface area contributed by atoms with Crippen molar-refractivity contribution in [3.8, 4) is 0 Å². The summed E-state index contributed by atoms with van der Waals surface area (Å²) >= 11 is 11.8. The minimum atomic E-state index is -4.34. The molecule has 0 saturated heterocycles. The van der Waals surface area contributed by atoms with E-state index in [9.17, 15) is 23.3 Å². The van der Waals surface area contributed by atoms with E-state index in [2.05, 4.69) is 4.74 Å². The smallest absolute Gasteiger partial charge is 0.326 e. The van der Waals surface area contributed by atoms with Gasteiger partial charge >= 0.3 is 5.97 Å². The first kappa shape index (κ1) is 20.9.